The second-order valence-electron chi connectivity index (χ2n) is 3.44. The fraction of sp³-hybridized carbons (Fsp3) is 0.417. The van der Waals surface area contributed by atoms with Crippen molar-refractivity contribution in [3.8, 4) is 5.75 Å². The Kier molecular flexibility index (Phi) is 4.79. The monoisotopic (exact) mass is 223 g/mol. The van der Waals surface area contributed by atoms with Crippen molar-refractivity contribution in [2.24, 2.45) is 0 Å². The third-order valence-corrected chi connectivity index (χ3v) is 2.35. The van der Waals surface area contributed by atoms with E-state index in [-0.39, 0.29) is 12.0 Å². The van der Waals surface area contributed by atoms with Crippen molar-refractivity contribution >= 4 is 5.97 Å². The molecule has 1 rings (SSSR count). The van der Waals surface area contributed by atoms with Gasteiger partial charge in [-0.05, 0) is 13.0 Å². The number of para-hydroxylation sites is 1. The Labute approximate surface area is 95.6 Å². The summed E-state index contributed by atoms with van der Waals surface area (Å²) in [5.74, 6) is 0.543. The molecule has 1 N–H and O–H groups in total. The van der Waals surface area contributed by atoms with Gasteiger partial charge in [0.15, 0.2) is 0 Å². The van der Waals surface area contributed by atoms with Crippen LogP contribution < -0.4 is 10.1 Å². The van der Waals surface area contributed by atoms with Crippen molar-refractivity contribution < 1.29 is 14.3 Å². The minimum absolute atomic E-state index is 0.269. The first-order chi connectivity index (χ1) is 7.69. The van der Waals surface area contributed by atoms with Crippen LogP contribution in [0.15, 0.2) is 24.3 Å². The molecule has 0 bridgehead atoms. The summed E-state index contributed by atoms with van der Waals surface area (Å²) in [5, 5.41) is 3.07. The SMILES string of the molecule is COC(=O)C(C)NCc1ccccc1OC. The lowest BCUT2D eigenvalue weighted by Gasteiger charge is -2.13. The third-order valence-electron chi connectivity index (χ3n) is 2.35. The molecule has 0 aliphatic heterocycles. The highest BCUT2D eigenvalue weighted by Gasteiger charge is 2.12. The van der Waals surface area contributed by atoms with Crippen molar-refractivity contribution in [2.45, 2.75) is 19.5 Å². The molecule has 0 aromatic heterocycles. The maximum Gasteiger partial charge on any atom is 0.322 e. The van der Waals surface area contributed by atoms with E-state index in [2.05, 4.69) is 10.1 Å². The van der Waals surface area contributed by atoms with Crippen LogP contribution in [0.5, 0.6) is 5.75 Å². The lowest BCUT2D eigenvalue weighted by molar-refractivity contribution is -0.142. The summed E-state index contributed by atoms with van der Waals surface area (Å²) in [6, 6.07) is 7.36. The standard InChI is InChI=1S/C12H17NO3/c1-9(12(14)16-3)13-8-10-6-4-5-7-11(10)15-2/h4-7,9,13H,8H2,1-3H3. The van der Waals surface area contributed by atoms with Crippen molar-refractivity contribution in [1.82, 2.24) is 5.32 Å². The van der Waals surface area contributed by atoms with Gasteiger partial charge in [0.1, 0.15) is 11.8 Å². The highest BCUT2D eigenvalue weighted by atomic mass is 16.5. The largest absolute Gasteiger partial charge is 0.496 e. The lowest BCUT2D eigenvalue weighted by atomic mass is 10.2. The van der Waals surface area contributed by atoms with Gasteiger partial charge in [-0.25, -0.2) is 0 Å². The molecule has 4 heteroatoms. The maximum absolute atomic E-state index is 11.2. The molecule has 0 aliphatic rings. The number of hydrogen-bond donors (Lipinski definition) is 1. The molecule has 0 fully saturated rings. The summed E-state index contributed by atoms with van der Waals surface area (Å²) in [7, 11) is 3.01. The fourth-order valence-corrected chi connectivity index (χ4v) is 1.37. The Hall–Kier alpha value is -1.55. The lowest BCUT2D eigenvalue weighted by Crippen LogP contribution is -2.34. The van der Waals surface area contributed by atoms with Crippen LogP contribution >= 0.6 is 0 Å². The van der Waals surface area contributed by atoms with E-state index in [4.69, 9.17) is 4.74 Å². The van der Waals surface area contributed by atoms with Crippen LogP contribution in [0.2, 0.25) is 0 Å². The molecule has 0 spiro atoms. The zero-order chi connectivity index (χ0) is 12.0. The Balaban J connectivity index is 2.57. The smallest absolute Gasteiger partial charge is 0.322 e. The van der Waals surface area contributed by atoms with E-state index in [0.29, 0.717) is 6.54 Å². The number of ether oxygens (including phenoxy) is 2. The fourth-order valence-electron chi connectivity index (χ4n) is 1.37. The van der Waals surface area contributed by atoms with Gasteiger partial charge in [-0.1, -0.05) is 18.2 Å². The topological polar surface area (TPSA) is 47.6 Å². The van der Waals surface area contributed by atoms with Gasteiger partial charge >= 0.3 is 5.97 Å². The Morgan fingerprint density at radius 1 is 1.38 bits per heavy atom. The normalized spacial score (nSPS) is 11.9. The number of nitrogens with one attached hydrogen (secondary N) is 1. The predicted octanol–water partition coefficient (Wildman–Crippen LogP) is 1.35. The maximum atomic E-state index is 11.2. The zero-order valence-electron chi connectivity index (χ0n) is 9.82. The Morgan fingerprint density at radius 2 is 2.06 bits per heavy atom. The van der Waals surface area contributed by atoms with Crippen LogP contribution in [0.3, 0.4) is 0 Å². The van der Waals surface area contributed by atoms with E-state index in [1.807, 2.05) is 24.3 Å². The summed E-state index contributed by atoms with van der Waals surface area (Å²) in [5.41, 5.74) is 1.01. The highest BCUT2D eigenvalue weighted by molar-refractivity contribution is 5.75. The Bertz CT molecular complexity index is 352. The molecule has 1 atom stereocenters. The van der Waals surface area contributed by atoms with Crippen molar-refractivity contribution in [1.29, 1.82) is 0 Å². The molecule has 1 unspecified atom stereocenters. The summed E-state index contributed by atoms with van der Waals surface area (Å²) >= 11 is 0. The van der Waals surface area contributed by atoms with Gasteiger partial charge in [0.05, 0.1) is 14.2 Å². The van der Waals surface area contributed by atoms with E-state index in [1.165, 1.54) is 7.11 Å². The molecular weight excluding hydrogens is 206 g/mol. The van der Waals surface area contributed by atoms with Crippen LogP contribution in [-0.2, 0) is 16.1 Å². The molecule has 0 heterocycles. The molecule has 0 radical (unpaired) electrons. The van der Waals surface area contributed by atoms with Crippen molar-refractivity contribution in [2.75, 3.05) is 14.2 Å². The first-order valence-corrected chi connectivity index (χ1v) is 5.12. The van der Waals surface area contributed by atoms with Crippen molar-refractivity contribution in [3.63, 3.8) is 0 Å². The first-order valence-electron chi connectivity index (χ1n) is 5.12. The summed E-state index contributed by atoms with van der Waals surface area (Å²) in [6.07, 6.45) is 0. The molecule has 1 aromatic carbocycles. The minimum Gasteiger partial charge on any atom is -0.496 e. The molecule has 0 amide bonds. The van der Waals surface area contributed by atoms with Gasteiger partial charge in [0.25, 0.3) is 0 Å². The number of benzene rings is 1. The second kappa shape index (κ2) is 6.12. The number of carbonyl (C=O) groups is 1. The minimum atomic E-state index is -0.324. The van der Waals surface area contributed by atoms with E-state index in [9.17, 15) is 4.79 Å². The van der Waals surface area contributed by atoms with Gasteiger partial charge < -0.3 is 14.8 Å². The quantitative estimate of drug-likeness (QED) is 0.765. The number of methoxy groups -OCH3 is 2. The van der Waals surface area contributed by atoms with Gasteiger partial charge in [-0.2, -0.15) is 0 Å². The number of rotatable bonds is 5. The molecule has 0 aliphatic carbocycles. The van der Waals surface area contributed by atoms with Crippen molar-refractivity contribution in [3.05, 3.63) is 29.8 Å². The first kappa shape index (κ1) is 12.5. The molecule has 4 nitrogen and oxygen atoms in total. The van der Waals surface area contributed by atoms with E-state index in [0.717, 1.165) is 11.3 Å². The molecular formula is C12H17NO3. The van der Waals surface area contributed by atoms with Gasteiger partial charge in [-0.3, -0.25) is 4.79 Å². The van der Waals surface area contributed by atoms with Crippen LogP contribution in [0.4, 0.5) is 0 Å². The molecule has 16 heavy (non-hydrogen) atoms. The van der Waals surface area contributed by atoms with Gasteiger partial charge in [0, 0.05) is 12.1 Å². The number of esters is 1. The number of carbonyl (C=O) groups excluding carboxylic acids is 1. The summed E-state index contributed by atoms with van der Waals surface area (Å²) < 4.78 is 9.83. The van der Waals surface area contributed by atoms with Crippen LogP contribution in [0.25, 0.3) is 0 Å². The zero-order valence-corrected chi connectivity index (χ0v) is 9.82. The predicted molar refractivity (Wildman–Crippen MR) is 61.3 cm³/mol. The molecule has 0 saturated carbocycles. The summed E-state index contributed by atoms with van der Waals surface area (Å²) in [6.45, 7) is 2.33. The molecule has 88 valence electrons. The molecule has 0 saturated heterocycles. The van der Waals surface area contributed by atoms with Gasteiger partial charge in [0.2, 0.25) is 0 Å². The summed E-state index contributed by atoms with van der Waals surface area (Å²) in [4.78, 5) is 11.2. The average molecular weight is 223 g/mol. The van der Waals surface area contributed by atoms with E-state index in [1.54, 1.807) is 14.0 Å². The Morgan fingerprint density at radius 3 is 2.69 bits per heavy atom. The highest BCUT2D eigenvalue weighted by Crippen LogP contribution is 2.16. The van der Waals surface area contributed by atoms with Crippen LogP contribution in [0.1, 0.15) is 12.5 Å². The van der Waals surface area contributed by atoms with E-state index >= 15 is 0 Å². The second-order valence-corrected chi connectivity index (χ2v) is 3.44. The molecule has 1 aromatic rings. The van der Waals surface area contributed by atoms with Gasteiger partial charge in [-0.15, -0.1) is 0 Å². The average Bonchev–Trinajstić information content (AvgIpc) is 2.35. The van der Waals surface area contributed by atoms with Crippen LogP contribution in [0, 0.1) is 0 Å². The van der Waals surface area contributed by atoms with Crippen LogP contribution in [-0.4, -0.2) is 26.2 Å². The van der Waals surface area contributed by atoms with E-state index < -0.39 is 0 Å². The third kappa shape index (κ3) is 3.24. The number of hydrogen-bond acceptors (Lipinski definition) is 4.